The molecule has 0 atom stereocenters. The summed E-state index contributed by atoms with van der Waals surface area (Å²) in [6.07, 6.45) is 0. The minimum absolute atomic E-state index is 0.350. The zero-order chi connectivity index (χ0) is 7.72. The highest BCUT2D eigenvalue weighted by atomic mass is 79.9. The van der Waals surface area contributed by atoms with Gasteiger partial charge in [0.25, 0.3) is 0 Å². The molecule has 0 saturated heterocycles. The summed E-state index contributed by atoms with van der Waals surface area (Å²) in [6.45, 7) is 0. The van der Waals surface area contributed by atoms with Gasteiger partial charge in [-0.3, -0.25) is 0 Å². The molecule has 0 aliphatic carbocycles. The first kappa shape index (κ1) is 8.62. The van der Waals surface area contributed by atoms with Crippen LogP contribution in [0.4, 0.5) is 4.39 Å². The van der Waals surface area contributed by atoms with Gasteiger partial charge >= 0.3 is 0 Å². The summed E-state index contributed by atoms with van der Waals surface area (Å²) in [5.41, 5.74) is 0. The van der Waals surface area contributed by atoms with E-state index in [1.807, 2.05) is 0 Å². The van der Waals surface area contributed by atoms with Crippen molar-refractivity contribution in [2.75, 3.05) is 0 Å². The second kappa shape index (κ2) is 3.28. The maximum Gasteiger partial charge on any atom is 0.228 e. The lowest BCUT2D eigenvalue weighted by Crippen LogP contribution is -1.85. The molecule has 1 rings (SSSR count). The molecule has 1 heterocycles. The average Bonchev–Trinajstić information content (AvgIpc) is 1.84. The molecule has 1 aromatic rings. The van der Waals surface area contributed by atoms with Crippen LogP contribution in [0.25, 0.3) is 0 Å². The summed E-state index contributed by atoms with van der Waals surface area (Å²) in [7, 11) is 0. The van der Waals surface area contributed by atoms with Crippen molar-refractivity contribution in [2.24, 2.45) is 0 Å². The highest BCUT2D eigenvalue weighted by Gasteiger charge is 2.04. The van der Waals surface area contributed by atoms with E-state index >= 15 is 0 Å². The van der Waals surface area contributed by atoms with E-state index in [2.05, 4.69) is 52.8 Å². The first-order valence-electron chi connectivity index (χ1n) is 2.28. The Morgan fingerprint density at radius 3 is 2.30 bits per heavy atom. The molecule has 0 saturated carbocycles. The Hall–Kier alpha value is 0.520. The Balaban J connectivity index is 3.28. The maximum atomic E-state index is 12.6. The van der Waals surface area contributed by atoms with Gasteiger partial charge in [-0.1, -0.05) is 0 Å². The number of pyridine rings is 1. The van der Waals surface area contributed by atoms with Crippen molar-refractivity contribution in [3.63, 3.8) is 0 Å². The maximum absolute atomic E-state index is 12.6. The summed E-state index contributed by atoms with van der Waals surface area (Å²) in [6, 6.07) is 1.59. The number of aromatic nitrogens is 1. The summed E-state index contributed by atoms with van der Waals surface area (Å²) >= 11 is 9.23. The van der Waals surface area contributed by atoms with Crippen LogP contribution in [0.1, 0.15) is 0 Å². The molecule has 0 fully saturated rings. The normalized spacial score (nSPS) is 10.0. The van der Waals surface area contributed by atoms with E-state index in [1.165, 1.54) is 0 Å². The summed E-state index contributed by atoms with van der Waals surface area (Å²) in [5, 5.41) is 0. The van der Waals surface area contributed by atoms with E-state index in [4.69, 9.17) is 0 Å². The zero-order valence-corrected chi connectivity index (χ0v) is 9.29. The molecule has 5 heteroatoms. The van der Waals surface area contributed by atoms with E-state index in [1.54, 1.807) is 6.07 Å². The highest BCUT2D eigenvalue weighted by Crippen LogP contribution is 2.25. The standard InChI is InChI=1S/C5HBr3FN/c6-2-1-3(7)5(9)10-4(2)8/h1H. The van der Waals surface area contributed by atoms with Crippen LogP contribution < -0.4 is 0 Å². The van der Waals surface area contributed by atoms with Crippen LogP contribution in [0.15, 0.2) is 19.6 Å². The van der Waals surface area contributed by atoms with Crippen molar-refractivity contribution in [1.29, 1.82) is 0 Å². The molecule has 0 aliphatic rings. The third kappa shape index (κ3) is 1.77. The van der Waals surface area contributed by atoms with Crippen LogP contribution in [0.5, 0.6) is 0 Å². The van der Waals surface area contributed by atoms with Gasteiger partial charge in [-0.05, 0) is 53.9 Å². The third-order valence-electron chi connectivity index (χ3n) is 0.844. The lowest BCUT2D eigenvalue weighted by Gasteiger charge is -1.96. The van der Waals surface area contributed by atoms with E-state index in [0.717, 1.165) is 4.47 Å². The molecule has 0 aromatic carbocycles. The van der Waals surface area contributed by atoms with Gasteiger partial charge in [0.1, 0.15) is 4.60 Å². The average molecular weight is 334 g/mol. The van der Waals surface area contributed by atoms with Gasteiger partial charge in [0, 0.05) is 0 Å². The summed E-state index contributed by atoms with van der Waals surface area (Å²) < 4.78 is 14.1. The largest absolute Gasteiger partial charge is 0.228 e. The van der Waals surface area contributed by atoms with Crippen LogP contribution in [0.3, 0.4) is 0 Å². The molecule has 54 valence electrons. The topological polar surface area (TPSA) is 12.9 Å². The molecule has 0 unspecified atom stereocenters. The second-order valence-corrected chi connectivity index (χ2v) is 3.99. The fourth-order valence-corrected chi connectivity index (χ4v) is 1.64. The second-order valence-electron chi connectivity index (χ2n) is 1.53. The van der Waals surface area contributed by atoms with Crippen molar-refractivity contribution >= 4 is 47.8 Å². The van der Waals surface area contributed by atoms with Crippen molar-refractivity contribution in [3.8, 4) is 0 Å². The molecular weight excluding hydrogens is 333 g/mol. The Labute approximate surface area is 82.4 Å². The monoisotopic (exact) mass is 331 g/mol. The molecule has 10 heavy (non-hydrogen) atoms. The Kier molecular flexibility index (Phi) is 2.82. The Morgan fingerprint density at radius 2 is 1.80 bits per heavy atom. The predicted molar refractivity (Wildman–Crippen MR) is 47.3 cm³/mol. The van der Waals surface area contributed by atoms with Crippen LogP contribution >= 0.6 is 47.8 Å². The predicted octanol–water partition coefficient (Wildman–Crippen LogP) is 3.51. The first-order valence-corrected chi connectivity index (χ1v) is 4.66. The number of halogens is 4. The van der Waals surface area contributed by atoms with Gasteiger partial charge in [-0.15, -0.1) is 0 Å². The minimum Gasteiger partial charge on any atom is -0.210 e. The SMILES string of the molecule is Fc1nc(Br)c(Br)cc1Br. The van der Waals surface area contributed by atoms with Crippen molar-refractivity contribution in [2.45, 2.75) is 0 Å². The van der Waals surface area contributed by atoms with Gasteiger partial charge < -0.3 is 0 Å². The third-order valence-corrected chi connectivity index (χ3v) is 3.14. The van der Waals surface area contributed by atoms with E-state index in [9.17, 15) is 4.39 Å². The molecule has 0 aliphatic heterocycles. The number of hydrogen-bond donors (Lipinski definition) is 0. The molecule has 1 nitrogen and oxygen atoms in total. The fourth-order valence-electron chi connectivity index (χ4n) is 0.423. The molecule has 0 bridgehead atoms. The van der Waals surface area contributed by atoms with Crippen LogP contribution in [-0.4, -0.2) is 4.98 Å². The van der Waals surface area contributed by atoms with Crippen LogP contribution in [-0.2, 0) is 0 Å². The van der Waals surface area contributed by atoms with Crippen molar-refractivity contribution < 1.29 is 4.39 Å². The minimum atomic E-state index is -0.518. The van der Waals surface area contributed by atoms with E-state index in [0.29, 0.717) is 9.08 Å². The first-order chi connectivity index (χ1) is 4.61. The van der Waals surface area contributed by atoms with Gasteiger partial charge in [0.15, 0.2) is 0 Å². The van der Waals surface area contributed by atoms with E-state index < -0.39 is 5.95 Å². The van der Waals surface area contributed by atoms with Crippen molar-refractivity contribution in [1.82, 2.24) is 4.98 Å². The van der Waals surface area contributed by atoms with Crippen molar-refractivity contribution in [3.05, 3.63) is 25.6 Å². The van der Waals surface area contributed by atoms with Crippen LogP contribution in [0.2, 0.25) is 0 Å². The molecular formula is C5HBr3FN. The number of nitrogens with zero attached hydrogens (tertiary/aromatic N) is 1. The number of rotatable bonds is 0. The molecule has 1 aromatic heterocycles. The quantitative estimate of drug-likeness (QED) is 0.662. The number of hydrogen-bond acceptors (Lipinski definition) is 1. The lowest BCUT2D eigenvalue weighted by molar-refractivity contribution is 0.573. The summed E-state index contributed by atoms with van der Waals surface area (Å²) in [5.74, 6) is -0.518. The van der Waals surface area contributed by atoms with E-state index in [-0.39, 0.29) is 0 Å². The lowest BCUT2D eigenvalue weighted by atomic mass is 10.5. The van der Waals surface area contributed by atoms with Gasteiger partial charge in [0.2, 0.25) is 5.95 Å². The Morgan fingerprint density at radius 1 is 1.20 bits per heavy atom. The summed E-state index contributed by atoms with van der Waals surface area (Å²) in [4.78, 5) is 3.53. The highest BCUT2D eigenvalue weighted by molar-refractivity contribution is 9.13. The molecule has 0 spiro atoms. The molecule has 0 radical (unpaired) electrons. The van der Waals surface area contributed by atoms with Gasteiger partial charge in [-0.25, -0.2) is 4.98 Å². The van der Waals surface area contributed by atoms with Gasteiger partial charge in [-0.2, -0.15) is 4.39 Å². The fraction of sp³-hybridized carbons (Fsp3) is 0. The molecule has 0 N–H and O–H groups in total. The smallest absolute Gasteiger partial charge is 0.210 e. The zero-order valence-electron chi connectivity index (χ0n) is 4.54. The Bertz CT molecular complexity index is 213. The van der Waals surface area contributed by atoms with Gasteiger partial charge in [0.05, 0.1) is 8.95 Å². The molecule has 0 amide bonds. The van der Waals surface area contributed by atoms with Crippen LogP contribution in [0, 0.1) is 5.95 Å².